The van der Waals surface area contributed by atoms with E-state index in [1.54, 1.807) is 31.2 Å². The van der Waals surface area contributed by atoms with Crippen molar-refractivity contribution in [3.05, 3.63) is 82.0 Å². The minimum Gasteiger partial charge on any atom is -0.345 e. The summed E-state index contributed by atoms with van der Waals surface area (Å²) in [5, 5.41) is 0. The number of rotatable bonds is 11. The van der Waals surface area contributed by atoms with Crippen LogP contribution in [0.4, 0.5) is 0 Å². The Morgan fingerprint density at radius 1 is 0.735 bits per heavy atom. The first-order valence-corrected chi connectivity index (χ1v) is 12.6. The highest BCUT2D eigenvalue weighted by Gasteiger charge is 2.77. The molecule has 1 aliphatic carbocycles. The minimum atomic E-state index is -1.03. The van der Waals surface area contributed by atoms with Crippen LogP contribution in [0.3, 0.4) is 0 Å². The zero-order valence-electron chi connectivity index (χ0n) is 21.8. The van der Waals surface area contributed by atoms with Gasteiger partial charge < -0.3 is 4.74 Å². The number of ether oxygens (including phenoxy) is 1. The molecule has 1 heterocycles. The molecule has 1 saturated heterocycles. The predicted octanol–water partition coefficient (Wildman–Crippen LogP) is 8.13. The Kier molecular flexibility index (Phi) is 8.30. The number of hydrogen-bond donors (Lipinski definition) is 0. The third-order valence-electron chi connectivity index (χ3n) is 7.22. The first-order valence-electron chi connectivity index (χ1n) is 12.6. The molecule has 0 N–H and O–H groups in total. The molecule has 0 spiro atoms. The quantitative estimate of drug-likeness (QED) is 0.247. The fraction of sp³-hybridized carbons (Fsp3) is 0.484. The summed E-state index contributed by atoms with van der Waals surface area (Å²) < 4.78 is 5.89. The molecule has 0 radical (unpaired) electrons. The topological polar surface area (TPSA) is 46.7 Å². The molecule has 0 aromatic heterocycles. The van der Waals surface area contributed by atoms with Crippen molar-refractivity contribution >= 4 is 11.6 Å². The Balaban J connectivity index is 1.48. The minimum absolute atomic E-state index is 0.0609. The number of carbonyl (C=O) groups is 2. The summed E-state index contributed by atoms with van der Waals surface area (Å²) >= 11 is 0. The summed E-state index contributed by atoms with van der Waals surface area (Å²) in [4.78, 5) is 26.1. The summed E-state index contributed by atoms with van der Waals surface area (Å²) in [6, 6.07) is 7.07. The summed E-state index contributed by atoms with van der Waals surface area (Å²) in [5.74, 6) is -0.136. The summed E-state index contributed by atoms with van der Waals surface area (Å²) in [6.45, 7) is 12.6. The number of allylic oxidation sites excluding steroid dienone is 7. The van der Waals surface area contributed by atoms with Crippen LogP contribution in [0.15, 0.2) is 70.9 Å². The van der Waals surface area contributed by atoms with E-state index in [4.69, 9.17) is 4.74 Å². The lowest BCUT2D eigenvalue weighted by atomic mass is 9.73. The number of epoxide rings is 1. The van der Waals surface area contributed by atoms with E-state index in [2.05, 4.69) is 58.9 Å². The average Bonchev–Trinajstić information content (AvgIpc) is 3.43. The van der Waals surface area contributed by atoms with Crippen LogP contribution in [0.1, 0.15) is 107 Å². The Labute approximate surface area is 205 Å². The fourth-order valence-corrected chi connectivity index (χ4v) is 4.80. The van der Waals surface area contributed by atoms with E-state index in [-0.39, 0.29) is 11.6 Å². The highest BCUT2D eigenvalue weighted by molar-refractivity contribution is 6.25. The highest BCUT2D eigenvalue weighted by Crippen LogP contribution is 2.57. The lowest BCUT2D eigenvalue weighted by Crippen LogP contribution is -2.43. The van der Waals surface area contributed by atoms with E-state index in [0.29, 0.717) is 17.5 Å². The zero-order valence-corrected chi connectivity index (χ0v) is 21.8. The maximum atomic E-state index is 13.2. The van der Waals surface area contributed by atoms with Gasteiger partial charge >= 0.3 is 0 Å². The molecule has 182 valence electrons. The number of carbonyl (C=O) groups excluding carboxylic acids is 2. The van der Waals surface area contributed by atoms with Crippen LogP contribution in [0.25, 0.3) is 0 Å². The van der Waals surface area contributed by atoms with Crippen LogP contribution in [0.2, 0.25) is 0 Å². The van der Waals surface area contributed by atoms with E-state index in [1.165, 1.54) is 22.3 Å². The number of ketones is 2. The van der Waals surface area contributed by atoms with Gasteiger partial charge in [-0.05, 0) is 80.1 Å². The van der Waals surface area contributed by atoms with Crippen molar-refractivity contribution in [1.29, 1.82) is 0 Å². The van der Waals surface area contributed by atoms with Gasteiger partial charge in [-0.15, -0.1) is 0 Å². The smallest absolute Gasteiger partial charge is 0.199 e. The van der Waals surface area contributed by atoms with Gasteiger partial charge in [-0.3, -0.25) is 9.59 Å². The molecule has 0 bridgehead atoms. The van der Waals surface area contributed by atoms with Gasteiger partial charge in [0.1, 0.15) is 0 Å². The second-order valence-corrected chi connectivity index (χ2v) is 10.4. The van der Waals surface area contributed by atoms with Gasteiger partial charge in [-0.2, -0.15) is 0 Å². The fourth-order valence-electron chi connectivity index (χ4n) is 4.80. The van der Waals surface area contributed by atoms with Gasteiger partial charge in [0.05, 0.1) is 0 Å². The van der Waals surface area contributed by atoms with Crippen molar-refractivity contribution in [2.45, 2.75) is 97.7 Å². The maximum Gasteiger partial charge on any atom is 0.199 e. The van der Waals surface area contributed by atoms with Gasteiger partial charge in [0, 0.05) is 17.5 Å². The molecular weight excluding hydrogens is 420 g/mol. The molecule has 1 aromatic rings. The molecule has 2 unspecified atom stereocenters. The van der Waals surface area contributed by atoms with Crippen molar-refractivity contribution < 1.29 is 14.3 Å². The van der Waals surface area contributed by atoms with Crippen molar-refractivity contribution in [1.82, 2.24) is 0 Å². The van der Waals surface area contributed by atoms with E-state index < -0.39 is 11.2 Å². The standard InChI is InChI=1S/C31H40O3/c1-22(2)12-9-13-23(3)14-10-15-24(4)16-11-17-25(5)20-21-31-29(33)27-19-8-7-18-26(27)28(32)30(31,6)34-31/h7-8,12,14,16,18-20H,9-11,13,15,17,21H2,1-6H3/b23-14+,24-16+,25-20-. The van der Waals surface area contributed by atoms with E-state index in [1.807, 2.05) is 0 Å². The summed E-state index contributed by atoms with van der Waals surface area (Å²) in [6.07, 6.45) is 15.9. The predicted molar refractivity (Wildman–Crippen MR) is 140 cm³/mol. The first kappa shape index (κ1) is 26.1. The van der Waals surface area contributed by atoms with Crippen LogP contribution in [-0.2, 0) is 4.74 Å². The Morgan fingerprint density at radius 3 is 1.74 bits per heavy atom. The second-order valence-electron chi connectivity index (χ2n) is 10.4. The molecule has 3 heteroatoms. The van der Waals surface area contributed by atoms with Gasteiger partial charge in [-0.25, -0.2) is 0 Å². The molecule has 1 fully saturated rings. The highest BCUT2D eigenvalue weighted by atomic mass is 16.6. The molecular formula is C31H40O3. The van der Waals surface area contributed by atoms with Gasteiger partial charge in [0.15, 0.2) is 22.8 Å². The number of fused-ring (bicyclic) bond motifs is 2. The lowest BCUT2D eigenvalue weighted by molar-refractivity contribution is 0.0847. The number of benzene rings is 1. The lowest BCUT2D eigenvalue weighted by Gasteiger charge is -2.22. The van der Waals surface area contributed by atoms with Crippen molar-refractivity contribution in [2.24, 2.45) is 0 Å². The Morgan fingerprint density at radius 2 is 1.21 bits per heavy atom. The normalized spacial score (nSPS) is 24.6. The molecule has 34 heavy (non-hydrogen) atoms. The Bertz CT molecular complexity index is 1060. The average molecular weight is 461 g/mol. The molecule has 3 nitrogen and oxygen atoms in total. The van der Waals surface area contributed by atoms with E-state index in [9.17, 15) is 9.59 Å². The van der Waals surface area contributed by atoms with Crippen molar-refractivity contribution in [3.63, 3.8) is 0 Å². The van der Waals surface area contributed by atoms with E-state index in [0.717, 1.165) is 38.5 Å². The maximum absolute atomic E-state index is 13.2. The molecule has 3 rings (SSSR count). The molecule has 0 saturated carbocycles. The second kappa shape index (κ2) is 10.8. The van der Waals surface area contributed by atoms with Crippen LogP contribution >= 0.6 is 0 Å². The van der Waals surface area contributed by atoms with Crippen LogP contribution < -0.4 is 0 Å². The largest absolute Gasteiger partial charge is 0.345 e. The van der Waals surface area contributed by atoms with Gasteiger partial charge in [0.25, 0.3) is 0 Å². The van der Waals surface area contributed by atoms with Crippen LogP contribution in [-0.4, -0.2) is 22.8 Å². The summed E-state index contributed by atoms with van der Waals surface area (Å²) in [7, 11) is 0. The molecule has 2 aliphatic rings. The molecule has 1 aliphatic heterocycles. The Hall–Kier alpha value is -2.52. The van der Waals surface area contributed by atoms with Crippen molar-refractivity contribution in [2.75, 3.05) is 0 Å². The molecule has 1 aromatic carbocycles. The van der Waals surface area contributed by atoms with Gasteiger partial charge in [-0.1, -0.05) is 70.9 Å². The summed E-state index contributed by atoms with van der Waals surface area (Å²) in [5.41, 5.74) is 4.43. The third-order valence-corrected chi connectivity index (χ3v) is 7.22. The van der Waals surface area contributed by atoms with Gasteiger partial charge in [0.2, 0.25) is 0 Å². The van der Waals surface area contributed by atoms with E-state index >= 15 is 0 Å². The molecule has 2 atom stereocenters. The molecule has 0 amide bonds. The zero-order chi connectivity index (χ0) is 24.9. The number of Topliss-reactive ketones (excluding diaryl/α,β-unsaturated/α-hetero) is 2. The monoisotopic (exact) mass is 460 g/mol. The van der Waals surface area contributed by atoms with Crippen molar-refractivity contribution in [3.8, 4) is 0 Å². The first-order chi connectivity index (χ1) is 16.1. The SMILES string of the molecule is CC(C)=CCC/C(C)=C/CC/C(C)=C/CC/C(C)=C\CC12OC1(C)C(=O)c1ccccc1C2=O. The van der Waals surface area contributed by atoms with Crippen LogP contribution in [0, 0.1) is 0 Å². The number of hydrogen-bond acceptors (Lipinski definition) is 3. The third kappa shape index (κ3) is 5.58. The van der Waals surface area contributed by atoms with Crippen LogP contribution in [0.5, 0.6) is 0 Å².